The normalized spacial score (nSPS) is 16.0. The fourth-order valence-corrected chi connectivity index (χ4v) is 4.42. The van der Waals surface area contributed by atoms with Crippen molar-refractivity contribution in [2.45, 2.75) is 6.18 Å². The van der Waals surface area contributed by atoms with Gasteiger partial charge in [0.1, 0.15) is 11.5 Å². The Labute approximate surface area is 184 Å². The van der Waals surface area contributed by atoms with Gasteiger partial charge in [0.25, 0.3) is 5.91 Å². The van der Waals surface area contributed by atoms with Crippen LogP contribution in [0.15, 0.2) is 70.0 Å². The number of carbonyl (C=O) groups excluding carboxylic acids is 1. The Balaban J connectivity index is 1.64. The second-order valence-corrected chi connectivity index (χ2v) is 8.35. The highest BCUT2D eigenvalue weighted by Crippen LogP contribution is 2.39. The van der Waals surface area contributed by atoms with Crippen molar-refractivity contribution >= 4 is 57.6 Å². The monoisotopic (exact) mass is 465 g/mol. The maximum atomic E-state index is 13.3. The Morgan fingerprint density at radius 3 is 2.57 bits per heavy atom. The van der Waals surface area contributed by atoms with Gasteiger partial charge in [-0.15, -0.1) is 0 Å². The topological polar surface area (TPSA) is 33.5 Å². The summed E-state index contributed by atoms with van der Waals surface area (Å²) in [7, 11) is 0. The van der Waals surface area contributed by atoms with Crippen molar-refractivity contribution in [1.29, 1.82) is 0 Å². The molecule has 1 saturated heterocycles. The van der Waals surface area contributed by atoms with Crippen LogP contribution in [0.3, 0.4) is 0 Å². The van der Waals surface area contributed by atoms with Crippen LogP contribution >= 0.6 is 35.6 Å². The smallest absolute Gasteiger partial charge is 0.417 e. The van der Waals surface area contributed by atoms with Crippen LogP contribution in [0.25, 0.3) is 17.4 Å². The highest BCUT2D eigenvalue weighted by Gasteiger charge is 2.35. The van der Waals surface area contributed by atoms with Crippen LogP contribution < -0.4 is 4.90 Å². The molecule has 152 valence electrons. The highest BCUT2D eigenvalue weighted by atomic mass is 35.5. The fourth-order valence-electron chi connectivity index (χ4n) is 2.96. The molecule has 1 aromatic heterocycles. The minimum absolute atomic E-state index is 0.0551. The third-order valence-corrected chi connectivity index (χ3v) is 5.80. The predicted molar refractivity (Wildman–Crippen MR) is 116 cm³/mol. The van der Waals surface area contributed by atoms with Crippen LogP contribution in [-0.4, -0.2) is 10.2 Å². The molecule has 0 spiro atoms. The van der Waals surface area contributed by atoms with Gasteiger partial charge < -0.3 is 4.42 Å². The summed E-state index contributed by atoms with van der Waals surface area (Å²) >= 11 is 12.4. The first-order valence-corrected chi connectivity index (χ1v) is 10.1. The molecule has 1 aliphatic rings. The summed E-state index contributed by atoms with van der Waals surface area (Å²) in [5, 5.41) is 0.463. The van der Waals surface area contributed by atoms with E-state index in [1.54, 1.807) is 24.3 Å². The number of carbonyl (C=O) groups is 1. The second-order valence-electron chi connectivity index (χ2n) is 6.24. The average molecular weight is 466 g/mol. The molecule has 0 N–H and O–H groups in total. The summed E-state index contributed by atoms with van der Waals surface area (Å²) in [6, 6.07) is 14.8. The number of thiocarbonyl (C=S) groups is 1. The van der Waals surface area contributed by atoms with Crippen LogP contribution in [0, 0.1) is 0 Å². The molecule has 0 aliphatic carbocycles. The second kappa shape index (κ2) is 7.94. The molecule has 2 heterocycles. The summed E-state index contributed by atoms with van der Waals surface area (Å²) in [5.41, 5.74) is -0.332. The van der Waals surface area contributed by atoms with Gasteiger partial charge in [0.05, 0.1) is 16.2 Å². The third kappa shape index (κ3) is 4.03. The summed E-state index contributed by atoms with van der Waals surface area (Å²) in [6.07, 6.45) is -3.05. The Morgan fingerprint density at radius 1 is 1.07 bits per heavy atom. The van der Waals surface area contributed by atoms with Gasteiger partial charge in [0.15, 0.2) is 4.32 Å². The van der Waals surface area contributed by atoms with Crippen LogP contribution in [0.1, 0.15) is 11.3 Å². The highest BCUT2D eigenvalue weighted by molar-refractivity contribution is 8.27. The lowest BCUT2D eigenvalue weighted by molar-refractivity contribution is -0.137. The van der Waals surface area contributed by atoms with Gasteiger partial charge in [-0.25, -0.2) is 0 Å². The van der Waals surface area contributed by atoms with Gasteiger partial charge >= 0.3 is 6.18 Å². The van der Waals surface area contributed by atoms with E-state index in [0.29, 0.717) is 19.9 Å². The van der Waals surface area contributed by atoms with E-state index >= 15 is 0 Å². The van der Waals surface area contributed by atoms with Crippen molar-refractivity contribution in [2.24, 2.45) is 0 Å². The molecule has 3 nitrogen and oxygen atoms in total. The van der Waals surface area contributed by atoms with E-state index in [1.807, 2.05) is 0 Å². The first kappa shape index (κ1) is 20.7. The molecular formula is C21H11ClF3NO2S2. The van der Waals surface area contributed by atoms with Crippen LogP contribution in [0.4, 0.5) is 18.9 Å². The average Bonchev–Trinajstić information content (AvgIpc) is 3.26. The molecule has 0 atom stereocenters. The molecule has 9 heteroatoms. The molecule has 3 aromatic rings. The van der Waals surface area contributed by atoms with Crippen molar-refractivity contribution in [2.75, 3.05) is 4.90 Å². The van der Waals surface area contributed by atoms with E-state index in [9.17, 15) is 18.0 Å². The SMILES string of the molecule is O=C1/C(=C/c2ccc(-c3ccccc3C(F)(F)F)o2)SC(=S)N1c1cccc(Cl)c1. The van der Waals surface area contributed by atoms with Crippen molar-refractivity contribution in [3.63, 3.8) is 0 Å². The summed E-state index contributed by atoms with van der Waals surface area (Å²) in [5.74, 6) is -0.0611. The molecule has 0 radical (unpaired) electrons. The van der Waals surface area contributed by atoms with Crippen LogP contribution in [0.2, 0.25) is 5.02 Å². The zero-order valence-electron chi connectivity index (χ0n) is 14.9. The molecule has 30 heavy (non-hydrogen) atoms. The minimum Gasteiger partial charge on any atom is -0.457 e. The summed E-state index contributed by atoms with van der Waals surface area (Å²) in [6.45, 7) is 0. The van der Waals surface area contributed by atoms with Crippen molar-refractivity contribution in [3.05, 3.63) is 81.9 Å². The summed E-state index contributed by atoms with van der Waals surface area (Å²) < 4.78 is 45.7. The van der Waals surface area contributed by atoms with Gasteiger partial charge in [-0.1, -0.05) is 59.8 Å². The Morgan fingerprint density at radius 2 is 1.83 bits per heavy atom. The number of hydrogen-bond donors (Lipinski definition) is 0. The van der Waals surface area contributed by atoms with E-state index < -0.39 is 11.7 Å². The van der Waals surface area contributed by atoms with E-state index in [1.165, 1.54) is 41.3 Å². The first-order valence-electron chi connectivity index (χ1n) is 8.54. The van der Waals surface area contributed by atoms with Crippen molar-refractivity contribution in [1.82, 2.24) is 0 Å². The lowest BCUT2D eigenvalue weighted by atomic mass is 10.1. The van der Waals surface area contributed by atoms with Gasteiger partial charge in [-0.2, -0.15) is 13.2 Å². The number of amides is 1. The zero-order chi connectivity index (χ0) is 21.5. The van der Waals surface area contributed by atoms with Crippen LogP contribution in [-0.2, 0) is 11.0 Å². The number of nitrogens with zero attached hydrogens (tertiary/aromatic N) is 1. The summed E-state index contributed by atoms with van der Waals surface area (Å²) in [4.78, 5) is 14.5. The molecule has 0 bridgehead atoms. The number of rotatable bonds is 3. The van der Waals surface area contributed by atoms with Crippen molar-refractivity contribution < 1.29 is 22.4 Å². The lowest BCUT2D eigenvalue weighted by Gasteiger charge is -2.14. The number of benzene rings is 2. The number of alkyl halides is 3. The standard InChI is InChI=1S/C21H11ClF3NO2S2/c22-12-4-3-5-13(10-12)26-19(27)18(30-20(26)29)11-14-8-9-17(28-14)15-6-1-2-7-16(15)21(23,24)25/h1-11H/b18-11-. The van der Waals surface area contributed by atoms with Gasteiger partial charge in [0, 0.05) is 16.7 Å². The maximum Gasteiger partial charge on any atom is 0.417 e. The predicted octanol–water partition coefficient (Wildman–Crippen LogP) is 7.02. The molecule has 1 amide bonds. The zero-order valence-corrected chi connectivity index (χ0v) is 17.3. The molecular weight excluding hydrogens is 455 g/mol. The Kier molecular flexibility index (Phi) is 5.48. The molecule has 2 aromatic carbocycles. The molecule has 0 saturated carbocycles. The molecule has 1 fully saturated rings. The van der Waals surface area contributed by atoms with Crippen molar-refractivity contribution in [3.8, 4) is 11.3 Å². The fraction of sp³-hybridized carbons (Fsp3) is 0.0476. The quantitative estimate of drug-likeness (QED) is 0.307. The Hall–Kier alpha value is -2.55. The third-order valence-electron chi connectivity index (χ3n) is 4.26. The number of anilines is 1. The molecule has 1 aliphatic heterocycles. The van der Waals surface area contributed by atoms with Gasteiger partial charge in [0.2, 0.25) is 0 Å². The lowest BCUT2D eigenvalue weighted by Crippen LogP contribution is -2.27. The number of furan rings is 1. The van der Waals surface area contributed by atoms with E-state index in [0.717, 1.165) is 17.8 Å². The van der Waals surface area contributed by atoms with E-state index in [2.05, 4.69) is 0 Å². The van der Waals surface area contributed by atoms with E-state index in [-0.39, 0.29) is 23.0 Å². The number of halogens is 4. The minimum atomic E-state index is -4.51. The number of thioether (sulfide) groups is 1. The maximum absolute atomic E-state index is 13.3. The van der Waals surface area contributed by atoms with E-state index in [4.69, 9.17) is 28.2 Å². The largest absolute Gasteiger partial charge is 0.457 e. The first-order chi connectivity index (χ1) is 14.2. The van der Waals surface area contributed by atoms with Crippen LogP contribution in [0.5, 0.6) is 0 Å². The molecule has 4 rings (SSSR count). The number of hydrogen-bond acceptors (Lipinski definition) is 4. The van der Waals surface area contributed by atoms with Gasteiger partial charge in [-0.05, 0) is 36.4 Å². The molecule has 0 unspecified atom stereocenters. The Bertz CT molecular complexity index is 1190. The van der Waals surface area contributed by atoms with Gasteiger partial charge in [-0.3, -0.25) is 9.69 Å².